The Morgan fingerprint density at radius 2 is 1.84 bits per heavy atom. The van der Waals surface area contributed by atoms with Crippen LogP contribution >= 0.6 is 0 Å². The summed E-state index contributed by atoms with van der Waals surface area (Å²) in [4.78, 5) is 13.9. The molecule has 0 saturated carbocycles. The van der Waals surface area contributed by atoms with E-state index >= 15 is 0 Å². The topological polar surface area (TPSA) is 20.3 Å². The lowest BCUT2D eigenvalue weighted by molar-refractivity contribution is 0.0993. The van der Waals surface area contributed by atoms with Gasteiger partial charge in [0.2, 0.25) is 0 Å². The molecule has 0 aliphatic carbocycles. The summed E-state index contributed by atoms with van der Waals surface area (Å²) in [6, 6.07) is 12.1. The third-order valence-corrected chi connectivity index (χ3v) is 3.10. The predicted molar refractivity (Wildman–Crippen MR) is 75.0 cm³/mol. The average Bonchev–Trinajstić information content (AvgIpc) is 2.40. The molecule has 0 bridgehead atoms. The Bertz CT molecular complexity index is 622. The molecule has 1 amide bonds. The van der Waals surface area contributed by atoms with Crippen LogP contribution in [0.15, 0.2) is 42.5 Å². The van der Waals surface area contributed by atoms with Gasteiger partial charge in [-0.1, -0.05) is 12.1 Å². The van der Waals surface area contributed by atoms with Gasteiger partial charge >= 0.3 is 0 Å². The van der Waals surface area contributed by atoms with E-state index in [2.05, 4.69) is 0 Å². The molecule has 3 heteroatoms. The maximum atomic E-state index is 13.2. The number of aryl methyl sites for hydroxylation is 2. The molecule has 19 heavy (non-hydrogen) atoms. The lowest BCUT2D eigenvalue weighted by atomic mass is 10.1. The van der Waals surface area contributed by atoms with Crippen molar-refractivity contribution in [2.75, 3.05) is 11.9 Å². The van der Waals surface area contributed by atoms with E-state index in [0.29, 0.717) is 11.1 Å². The van der Waals surface area contributed by atoms with Crippen molar-refractivity contribution >= 4 is 11.6 Å². The number of nitrogens with zero attached hydrogens (tertiary/aromatic N) is 1. The molecule has 2 aromatic carbocycles. The highest BCUT2D eigenvalue weighted by molar-refractivity contribution is 6.05. The lowest BCUT2D eigenvalue weighted by Gasteiger charge is -2.18. The van der Waals surface area contributed by atoms with Crippen molar-refractivity contribution in [1.29, 1.82) is 0 Å². The Labute approximate surface area is 112 Å². The first-order valence-electron chi connectivity index (χ1n) is 6.10. The number of hydrogen-bond donors (Lipinski definition) is 0. The van der Waals surface area contributed by atoms with Crippen molar-refractivity contribution < 1.29 is 9.18 Å². The quantitative estimate of drug-likeness (QED) is 0.803. The van der Waals surface area contributed by atoms with Crippen LogP contribution < -0.4 is 4.90 Å². The summed E-state index contributed by atoms with van der Waals surface area (Å²) in [5.41, 5.74) is 2.88. The summed E-state index contributed by atoms with van der Waals surface area (Å²) in [5, 5.41) is 0. The second-order valence-corrected chi connectivity index (χ2v) is 4.67. The number of rotatable bonds is 2. The molecule has 0 aliphatic rings. The second-order valence-electron chi connectivity index (χ2n) is 4.67. The van der Waals surface area contributed by atoms with E-state index in [1.165, 1.54) is 12.1 Å². The van der Waals surface area contributed by atoms with E-state index in [1.807, 2.05) is 31.2 Å². The number of benzene rings is 2. The fourth-order valence-electron chi connectivity index (χ4n) is 1.93. The molecule has 2 nitrogen and oxygen atoms in total. The van der Waals surface area contributed by atoms with E-state index in [1.54, 1.807) is 24.9 Å². The van der Waals surface area contributed by atoms with E-state index in [4.69, 9.17) is 0 Å². The summed E-state index contributed by atoms with van der Waals surface area (Å²) in [7, 11) is 1.72. The van der Waals surface area contributed by atoms with Crippen molar-refractivity contribution in [2.45, 2.75) is 13.8 Å². The number of anilines is 1. The molecule has 0 aromatic heterocycles. The van der Waals surface area contributed by atoms with Crippen molar-refractivity contribution in [2.24, 2.45) is 0 Å². The molecule has 0 aliphatic heterocycles. The summed E-state index contributed by atoms with van der Waals surface area (Å²) in [6.45, 7) is 3.63. The van der Waals surface area contributed by atoms with Crippen LogP contribution in [-0.2, 0) is 0 Å². The molecule has 0 spiro atoms. The van der Waals surface area contributed by atoms with Gasteiger partial charge in [0.15, 0.2) is 0 Å². The summed E-state index contributed by atoms with van der Waals surface area (Å²) in [6.07, 6.45) is 0. The first-order valence-corrected chi connectivity index (χ1v) is 6.10. The zero-order valence-corrected chi connectivity index (χ0v) is 11.3. The third-order valence-electron chi connectivity index (χ3n) is 3.10. The molecule has 2 aromatic rings. The van der Waals surface area contributed by atoms with Gasteiger partial charge in [-0.25, -0.2) is 4.39 Å². The fraction of sp³-hybridized carbons (Fsp3) is 0.188. The maximum absolute atomic E-state index is 13.2. The molecule has 0 unspecified atom stereocenters. The average molecular weight is 257 g/mol. The minimum Gasteiger partial charge on any atom is -0.311 e. The van der Waals surface area contributed by atoms with Crippen molar-refractivity contribution in [3.05, 3.63) is 65.0 Å². The third kappa shape index (κ3) is 2.81. The molecule has 0 atom stereocenters. The normalized spacial score (nSPS) is 10.3. The number of carbonyl (C=O) groups excluding carboxylic acids is 1. The minimum atomic E-state index is -0.297. The lowest BCUT2D eigenvalue weighted by Crippen LogP contribution is -2.26. The van der Waals surface area contributed by atoms with Crippen LogP contribution in [0, 0.1) is 19.7 Å². The van der Waals surface area contributed by atoms with Gasteiger partial charge in [-0.15, -0.1) is 0 Å². The fourth-order valence-corrected chi connectivity index (χ4v) is 1.93. The highest BCUT2D eigenvalue weighted by Gasteiger charge is 2.14. The van der Waals surface area contributed by atoms with Gasteiger partial charge < -0.3 is 4.90 Å². The van der Waals surface area contributed by atoms with E-state index in [0.717, 1.165) is 11.3 Å². The van der Waals surface area contributed by atoms with Crippen molar-refractivity contribution in [3.8, 4) is 0 Å². The predicted octanol–water partition coefficient (Wildman–Crippen LogP) is 3.72. The smallest absolute Gasteiger partial charge is 0.258 e. The number of hydrogen-bond acceptors (Lipinski definition) is 1. The molecule has 0 saturated heterocycles. The SMILES string of the molecule is Cc1cccc(N(C)C(=O)c2ccc(F)c(C)c2)c1. The number of carbonyl (C=O) groups is 1. The zero-order chi connectivity index (χ0) is 14.0. The molecule has 0 fully saturated rings. The van der Waals surface area contributed by atoms with Crippen LogP contribution in [0.3, 0.4) is 0 Å². The van der Waals surface area contributed by atoms with E-state index in [-0.39, 0.29) is 11.7 Å². The maximum Gasteiger partial charge on any atom is 0.258 e. The molecular weight excluding hydrogens is 241 g/mol. The number of halogens is 1. The Hall–Kier alpha value is -2.16. The van der Waals surface area contributed by atoms with E-state index in [9.17, 15) is 9.18 Å². The molecule has 98 valence electrons. The Morgan fingerprint density at radius 3 is 2.47 bits per heavy atom. The zero-order valence-electron chi connectivity index (χ0n) is 11.3. The molecule has 0 radical (unpaired) electrons. The Kier molecular flexibility index (Phi) is 3.65. The van der Waals surface area contributed by atoms with Crippen LogP contribution in [0.1, 0.15) is 21.5 Å². The summed E-state index contributed by atoms with van der Waals surface area (Å²) < 4.78 is 13.2. The van der Waals surface area contributed by atoms with E-state index < -0.39 is 0 Å². The van der Waals surface area contributed by atoms with Gasteiger partial charge in [0.05, 0.1) is 0 Å². The van der Waals surface area contributed by atoms with Crippen LogP contribution in [-0.4, -0.2) is 13.0 Å². The molecule has 2 rings (SSSR count). The van der Waals surface area contributed by atoms with Crippen LogP contribution in [0.5, 0.6) is 0 Å². The molecular formula is C16H16FNO. The molecule has 0 heterocycles. The van der Waals surface area contributed by atoms with Gasteiger partial charge in [-0.05, 0) is 55.3 Å². The van der Waals surface area contributed by atoms with Crippen molar-refractivity contribution in [1.82, 2.24) is 0 Å². The Balaban J connectivity index is 2.30. The van der Waals surface area contributed by atoms with Crippen LogP contribution in [0.4, 0.5) is 10.1 Å². The van der Waals surface area contributed by atoms with Gasteiger partial charge in [-0.3, -0.25) is 4.79 Å². The standard InChI is InChI=1S/C16H16FNO/c1-11-5-4-6-14(9-11)18(3)16(19)13-7-8-15(17)12(2)10-13/h4-10H,1-3H3. The van der Waals surface area contributed by atoms with Gasteiger partial charge in [0.1, 0.15) is 5.82 Å². The van der Waals surface area contributed by atoms with Gasteiger partial charge in [0.25, 0.3) is 5.91 Å². The van der Waals surface area contributed by atoms with Crippen molar-refractivity contribution in [3.63, 3.8) is 0 Å². The van der Waals surface area contributed by atoms with Crippen LogP contribution in [0.2, 0.25) is 0 Å². The number of amides is 1. The first kappa shape index (κ1) is 13.3. The second kappa shape index (κ2) is 5.22. The highest BCUT2D eigenvalue weighted by Crippen LogP contribution is 2.18. The largest absolute Gasteiger partial charge is 0.311 e. The monoisotopic (exact) mass is 257 g/mol. The summed E-state index contributed by atoms with van der Waals surface area (Å²) in [5.74, 6) is -0.441. The minimum absolute atomic E-state index is 0.145. The Morgan fingerprint density at radius 1 is 1.11 bits per heavy atom. The highest BCUT2D eigenvalue weighted by atomic mass is 19.1. The summed E-state index contributed by atoms with van der Waals surface area (Å²) >= 11 is 0. The van der Waals surface area contributed by atoms with Gasteiger partial charge in [0, 0.05) is 18.3 Å². The first-order chi connectivity index (χ1) is 8.99. The van der Waals surface area contributed by atoms with Gasteiger partial charge in [-0.2, -0.15) is 0 Å². The van der Waals surface area contributed by atoms with Crippen LogP contribution in [0.25, 0.3) is 0 Å². The molecule has 0 N–H and O–H groups in total.